The van der Waals surface area contributed by atoms with Crippen molar-refractivity contribution in [1.29, 1.82) is 0 Å². The van der Waals surface area contributed by atoms with Crippen molar-refractivity contribution in [3.8, 4) is 0 Å². The van der Waals surface area contributed by atoms with Crippen molar-refractivity contribution in [3.05, 3.63) is 0 Å². The summed E-state index contributed by atoms with van der Waals surface area (Å²) in [7, 11) is 0. The zero-order valence-electron chi connectivity index (χ0n) is 19.4. The average molecular weight is 452 g/mol. The first-order valence-corrected chi connectivity index (χ1v) is 9.77. The van der Waals surface area contributed by atoms with Crippen LogP contribution in [0.25, 0.3) is 0 Å². The Hall–Kier alpha value is -1.85. The standard InChI is InChI=1S/C19H34N4O7.Na/c1-7-10(2)14(23-18(29)30-19(4,5)6)16(26)21-11(3)15(25)22-12(17(27)28)8-9-13(20)24;/h10-12,14H,7-9H2,1-6H3,(H2,20,24)(H,21,26)(H,22,25)(H,23,29)(H,27,28);/q;+1/p-1/t10-,11-,12-,14-;/m0./s1. The molecule has 0 aliphatic carbocycles. The van der Waals surface area contributed by atoms with Crippen LogP contribution in [0.3, 0.4) is 0 Å². The molecule has 0 bridgehead atoms. The molecule has 12 heteroatoms. The molecule has 0 saturated heterocycles. The number of aliphatic carboxylic acids is 1. The van der Waals surface area contributed by atoms with Crippen molar-refractivity contribution in [3.63, 3.8) is 0 Å². The molecule has 0 unspecified atom stereocenters. The van der Waals surface area contributed by atoms with Gasteiger partial charge in [0, 0.05) is 6.42 Å². The number of hydrogen-bond donors (Lipinski definition) is 4. The third-order valence-corrected chi connectivity index (χ3v) is 4.20. The molecule has 172 valence electrons. The molecule has 0 fully saturated rings. The van der Waals surface area contributed by atoms with Gasteiger partial charge in [-0.25, -0.2) is 4.79 Å². The number of hydrogen-bond acceptors (Lipinski definition) is 7. The second-order valence-electron chi connectivity index (χ2n) is 8.12. The quantitative estimate of drug-likeness (QED) is 0.230. The van der Waals surface area contributed by atoms with Crippen molar-refractivity contribution in [1.82, 2.24) is 16.0 Å². The first-order valence-electron chi connectivity index (χ1n) is 9.77. The van der Waals surface area contributed by atoms with Crippen molar-refractivity contribution < 1.29 is 63.4 Å². The molecule has 0 aromatic carbocycles. The minimum atomic E-state index is -1.58. The largest absolute Gasteiger partial charge is 1.00 e. The van der Waals surface area contributed by atoms with E-state index < -0.39 is 53.5 Å². The number of ether oxygens (including phenoxy) is 1. The number of carboxylic acid groups (broad SMARTS) is 1. The molecule has 4 amide bonds. The van der Waals surface area contributed by atoms with Crippen LogP contribution in [0.4, 0.5) is 4.79 Å². The number of primary amides is 1. The van der Waals surface area contributed by atoms with Gasteiger partial charge in [0.1, 0.15) is 17.7 Å². The second-order valence-corrected chi connectivity index (χ2v) is 8.12. The van der Waals surface area contributed by atoms with E-state index in [1.807, 2.05) is 6.92 Å². The Bertz CT molecular complexity index is 652. The van der Waals surface area contributed by atoms with Gasteiger partial charge in [-0.3, -0.25) is 14.4 Å². The molecule has 31 heavy (non-hydrogen) atoms. The third kappa shape index (κ3) is 13.2. The molecule has 11 nitrogen and oxygen atoms in total. The first kappa shape index (κ1) is 31.3. The molecule has 0 rings (SSSR count). The van der Waals surface area contributed by atoms with E-state index in [2.05, 4.69) is 16.0 Å². The molecule has 4 atom stereocenters. The van der Waals surface area contributed by atoms with Gasteiger partial charge in [0.2, 0.25) is 17.7 Å². The molecule has 0 heterocycles. The topological polar surface area (TPSA) is 180 Å². The van der Waals surface area contributed by atoms with Crippen LogP contribution in [-0.2, 0) is 23.9 Å². The summed E-state index contributed by atoms with van der Waals surface area (Å²) in [5.41, 5.74) is 4.23. The predicted molar refractivity (Wildman–Crippen MR) is 106 cm³/mol. The fourth-order valence-corrected chi connectivity index (χ4v) is 2.34. The van der Waals surface area contributed by atoms with Gasteiger partial charge in [-0.15, -0.1) is 0 Å². The molecule has 0 spiro atoms. The number of carboxylic acids is 1. The smallest absolute Gasteiger partial charge is 0.548 e. The SMILES string of the molecule is CC[C@H](C)[C@H](NC(=O)OC(C)(C)C)C(=O)N[C@@H](C)C(=O)N[C@@H](CCC(N)=O)C(=O)[O-].[Na+]. The van der Waals surface area contributed by atoms with Crippen molar-refractivity contribution in [2.24, 2.45) is 11.7 Å². The second kappa shape index (κ2) is 14.3. The summed E-state index contributed by atoms with van der Waals surface area (Å²) in [4.78, 5) is 58.9. The van der Waals surface area contributed by atoms with Crippen LogP contribution in [0, 0.1) is 5.92 Å². The van der Waals surface area contributed by atoms with Gasteiger partial charge in [-0.2, -0.15) is 0 Å². The Morgan fingerprint density at radius 3 is 1.97 bits per heavy atom. The monoisotopic (exact) mass is 452 g/mol. The van der Waals surface area contributed by atoms with Crippen LogP contribution in [0.1, 0.15) is 60.8 Å². The number of nitrogens with two attached hydrogens (primary N) is 1. The molecule has 0 aliphatic heterocycles. The van der Waals surface area contributed by atoms with Crippen LogP contribution in [0.2, 0.25) is 0 Å². The number of alkyl carbamates (subject to hydrolysis) is 1. The summed E-state index contributed by atoms with van der Waals surface area (Å²) in [6, 6.07) is -3.51. The van der Waals surface area contributed by atoms with Crippen LogP contribution in [0.5, 0.6) is 0 Å². The van der Waals surface area contributed by atoms with E-state index in [4.69, 9.17) is 10.5 Å². The van der Waals surface area contributed by atoms with Gasteiger partial charge >= 0.3 is 35.7 Å². The molecule has 0 aliphatic rings. The number of nitrogens with one attached hydrogen (secondary N) is 3. The Morgan fingerprint density at radius 1 is 1.00 bits per heavy atom. The Kier molecular flexibility index (Phi) is 14.4. The van der Waals surface area contributed by atoms with Crippen LogP contribution >= 0.6 is 0 Å². The fraction of sp³-hybridized carbons (Fsp3) is 0.737. The molecule has 0 radical (unpaired) electrons. The van der Waals surface area contributed by atoms with E-state index in [9.17, 15) is 29.1 Å². The molecular weight excluding hydrogens is 419 g/mol. The zero-order valence-corrected chi connectivity index (χ0v) is 21.4. The van der Waals surface area contributed by atoms with Crippen LogP contribution in [-0.4, -0.2) is 53.5 Å². The third-order valence-electron chi connectivity index (χ3n) is 4.20. The predicted octanol–water partition coefficient (Wildman–Crippen LogP) is -4.07. The van der Waals surface area contributed by atoms with E-state index in [-0.39, 0.29) is 48.3 Å². The maximum atomic E-state index is 12.6. The summed E-state index contributed by atoms with van der Waals surface area (Å²) in [6.45, 7) is 9.99. The molecule has 0 aromatic heterocycles. The normalized spacial score (nSPS) is 14.6. The number of amides is 4. The number of carbonyl (C=O) groups is 5. The molecule has 0 saturated carbocycles. The Balaban J connectivity index is 0. The number of rotatable bonds is 11. The van der Waals surface area contributed by atoms with E-state index in [1.165, 1.54) is 6.92 Å². The number of carbonyl (C=O) groups excluding carboxylic acids is 5. The van der Waals surface area contributed by atoms with E-state index >= 15 is 0 Å². The van der Waals surface area contributed by atoms with E-state index in [0.29, 0.717) is 6.42 Å². The van der Waals surface area contributed by atoms with Gasteiger partial charge in [-0.05, 0) is 40.0 Å². The van der Waals surface area contributed by atoms with Crippen LogP contribution in [0.15, 0.2) is 0 Å². The molecule has 0 aromatic rings. The summed E-state index contributed by atoms with van der Waals surface area (Å²) in [5.74, 6) is -3.98. The van der Waals surface area contributed by atoms with Gasteiger partial charge < -0.3 is 36.3 Å². The summed E-state index contributed by atoms with van der Waals surface area (Å²) < 4.78 is 5.17. The molecular formula is C19H33N4NaO7. The summed E-state index contributed by atoms with van der Waals surface area (Å²) in [6.07, 6.45) is -0.701. The van der Waals surface area contributed by atoms with E-state index in [0.717, 1.165) is 0 Å². The average Bonchev–Trinajstić information content (AvgIpc) is 2.60. The van der Waals surface area contributed by atoms with Gasteiger partial charge in [0.15, 0.2) is 0 Å². The first-order chi connectivity index (χ1) is 13.7. The maximum Gasteiger partial charge on any atom is 1.00 e. The van der Waals surface area contributed by atoms with Crippen molar-refractivity contribution >= 4 is 29.8 Å². The fourth-order valence-electron chi connectivity index (χ4n) is 2.34. The van der Waals surface area contributed by atoms with Gasteiger partial charge in [0.05, 0.1) is 12.0 Å². The summed E-state index contributed by atoms with van der Waals surface area (Å²) in [5, 5.41) is 18.3. The van der Waals surface area contributed by atoms with Crippen molar-refractivity contribution in [2.75, 3.05) is 0 Å². The maximum absolute atomic E-state index is 12.6. The Labute approximate surface area is 204 Å². The Morgan fingerprint density at radius 2 is 1.55 bits per heavy atom. The minimum absolute atomic E-state index is 0. The summed E-state index contributed by atoms with van der Waals surface area (Å²) >= 11 is 0. The zero-order chi connectivity index (χ0) is 23.6. The minimum Gasteiger partial charge on any atom is -0.548 e. The van der Waals surface area contributed by atoms with Gasteiger partial charge in [-0.1, -0.05) is 20.3 Å². The molecule has 5 N–H and O–H groups in total. The van der Waals surface area contributed by atoms with E-state index in [1.54, 1.807) is 27.7 Å². The van der Waals surface area contributed by atoms with Crippen LogP contribution < -0.4 is 56.3 Å². The van der Waals surface area contributed by atoms with Gasteiger partial charge in [0.25, 0.3) is 0 Å². The van der Waals surface area contributed by atoms with Crippen molar-refractivity contribution in [2.45, 2.75) is 84.5 Å².